The van der Waals surface area contributed by atoms with E-state index in [1.54, 1.807) is 20.8 Å². The van der Waals surface area contributed by atoms with Gasteiger partial charge in [-0.25, -0.2) is 0 Å². The third-order valence-corrected chi connectivity index (χ3v) is 5.70. The van der Waals surface area contributed by atoms with Crippen molar-refractivity contribution in [1.29, 1.82) is 0 Å². The lowest BCUT2D eigenvalue weighted by molar-refractivity contribution is -0.143. The highest BCUT2D eigenvalue weighted by atomic mass is 35.5. The molecule has 1 aromatic carbocycles. The van der Waals surface area contributed by atoms with E-state index in [0.29, 0.717) is 24.8 Å². The largest absolute Gasteiger partial charge is 0.481 e. The van der Waals surface area contributed by atoms with E-state index in [0.717, 1.165) is 0 Å². The number of carbonyl (C=O) groups excluding carboxylic acids is 4. The van der Waals surface area contributed by atoms with E-state index in [2.05, 4.69) is 10.6 Å². The van der Waals surface area contributed by atoms with Crippen molar-refractivity contribution >= 4 is 47.3 Å². The van der Waals surface area contributed by atoms with E-state index < -0.39 is 53.7 Å². The molecule has 0 bridgehead atoms. The Morgan fingerprint density at radius 3 is 2.48 bits per heavy atom. The molecular formula is C22H29ClN4O6. The fourth-order valence-electron chi connectivity index (χ4n) is 3.60. The molecule has 3 unspecified atom stereocenters. The van der Waals surface area contributed by atoms with Crippen molar-refractivity contribution in [3.8, 4) is 0 Å². The van der Waals surface area contributed by atoms with Gasteiger partial charge in [-0.1, -0.05) is 32.4 Å². The first-order valence-corrected chi connectivity index (χ1v) is 10.9. The zero-order valence-corrected chi connectivity index (χ0v) is 19.5. The molecule has 1 fully saturated rings. The zero-order chi connectivity index (χ0) is 24.9. The number of nitrogen functional groups attached to an aromatic ring is 1. The van der Waals surface area contributed by atoms with Crippen LogP contribution in [-0.4, -0.2) is 64.7 Å². The van der Waals surface area contributed by atoms with Crippen molar-refractivity contribution in [3.63, 3.8) is 0 Å². The molecule has 1 saturated heterocycles. The lowest BCUT2D eigenvalue weighted by Gasteiger charge is -2.35. The molecule has 0 aliphatic carbocycles. The van der Waals surface area contributed by atoms with Crippen molar-refractivity contribution in [2.75, 3.05) is 12.3 Å². The number of hydrogen-bond acceptors (Lipinski definition) is 6. The quantitative estimate of drug-likeness (QED) is 0.321. The molecule has 0 aromatic heterocycles. The van der Waals surface area contributed by atoms with Crippen LogP contribution in [0.2, 0.25) is 5.02 Å². The maximum absolute atomic E-state index is 13.4. The fraction of sp³-hybridized carbons (Fsp3) is 0.500. The van der Waals surface area contributed by atoms with Gasteiger partial charge in [0.1, 0.15) is 18.4 Å². The maximum atomic E-state index is 13.4. The third-order valence-electron chi connectivity index (χ3n) is 5.38. The third kappa shape index (κ3) is 6.67. The smallest absolute Gasteiger partial charge is 0.305 e. The van der Waals surface area contributed by atoms with Gasteiger partial charge in [-0.05, 0) is 36.5 Å². The number of benzene rings is 1. The van der Waals surface area contributed by atoms with E-state index in [4.69, 9.17) is 22.4 Å². The molecule has 3 amide bonds. The number of nitrogens with one attached hydrogen (secondary N) is 2. The summed E-state index contributed by atoms with van der Waals surface area (Å²) in [4.78, 5) is 62.4. The second-order valence-corrected chi connectivity index (χ2v) is 9.45. The molecule has 0 radical (unpaired) electrons. The predicted molar refractivity (Wildman–Crippen MR) is 122 cm³/mol. The number of hydrogen-bond donors (Lipinski definition) is 4. The topological polar surface area (TPSA) is 159 Å². The van der Waals surface area contributed by atoms with Gasteiger partial charge in [-0.15, -0.1) is 0 Å². The summed E-state index contributed by atoms with van der Waals surface area (Å²) in [5.41, 5.74) is 5.55. The first kappa shape index (κ1) is 26.1. The molecule has 10 nitrogen and oxygen atoms in total. The molecule has 11 heteroatoms. The number of anilines is 1. The van der Waals surface area contributed by atoms with Gasteiger partial charge in [0.05, 0.1) is 23.2 Å². The Bertz CT molecular complexity index is 945. The first-order valence-electron chi connectivity index (χ1n) is 10.5. The number of carbonyl (C=O) groups is 5. The van der Waals surface area contributed by atoms with E-state index >= 15 is 0 Å². The van der Waals surface area contributed by atoms with Gasteiger partial charge in [0, 0.05) is 12.1 Å². The number of amides is 3. The summed E-state index contributed by atoms with van der Waals surface area (Å²) < 4.78 is 0. The molecule has 0 spiro atoms. The SMILES string of the molecule is CC(C)(C)C(NC(=O)c1ccc(N)c(Cl)c1)C(=O)N1CCCC1C(=O)NC(C=O)CC(=O)O. The highest BCUT2D eigenvalue weighted by Crippen LogP contribution is 2.27. The van der Waals surface area contributed by atoms with Gasteiger partial charge in [0.2, 0.25) is 11.8 Å². The van der Waals surface area contributed by atoms with Crippen molar-refractivity contribution < 1.29 is 29.1 Å². The van der Waals surface area contributed by atoms with E-state index in [9.17, 15) is 24.0 Å². The lowest BCUT2D eigenvalue weighted by Crippen LogP contribution is -2.58. The summed E-state index contributed by atoms with van der Waals surface area (Å²) in [6.07, 6.45) is 0.700. The lowest BCUT2D eigenvalue weighted by atomic mass is 9.85. The number of carboxylic acids is 1. The van der Waals surface area contributed by atoms with Crippen molar-refractivity contribution in [3.05, 3.63) is 28.8 Å². The van der Waals surface area contributed by atoms with E-state index in [1.807, 2.05) is 0 Å². The highest BCUT2D eigenvalue weighted by Gasteiger charge is 2.42. The molecule has 5 N–H and O–H groups in total. The van der Waals surface area contributed by atoms with Gasteiger partial charge in [-0.3, -0.25) is 19.2 Å². The number of nitrogens with zero attached hydrogens (tertiary/aromatic N) is 1. The minimum absolute atomic E-state index is 0.212. The number of rotatable bonds is 8. The minimum atomic E-state index is -1.23. The van der Waals surface area contributed by atoms with Crippen LogP contribution in [0.5, 0.6) is 0 Å². The predicted octanol–water partition coefficient (Wildman–Crippen LogP) is 1.22. The summed E-state index contributed by atoms with van der Waals surface area (Å²) in [6, 6.07) is 1.37. The van der Waals surface area contributed by atoms with Crippen molar-refractivity contribution in [1.82, 2.24) is 15.5 Å². The minimum Gasteiger partial charge on any atom is -0.481 e. The fourth-order valence-corrected chi connectivity index (χ4v) is 3.78. The summed E-state index contributed by atoms with van der Waals surface area (Å²) in [6.45, 7) is 5.64. The number of halogens is 1. The maximum Gasteiger partial charge on any atom is 0.305 e. The van der Waals surface area contributed by atoms with Crippen LogP contribution in [-0.2, 0) is 19.2 Å². The van der Waals surface area contributed by atoms with Crippen LogP contribution in [0.1, 0.15) is 50.4 Å². The average molecular weight is 481 g/mol. The van der Waals surface area contributed by atoms with Crippen LogP contribution in [0.3, 0.4) is 0 Å². The number of nitrogens with two attached hydrogens (primary N) is 1. The summed E-state index contributed by atoms with van der Waals surface area (Å²) in [5, 5.41) is 14.2. The average Bonchev–Trinajstić information content (AvgIpc) is 3.21. The number of carboxylic acid groups (broad SMARTS) is 1. The first-order chi connectivity index (χ1) is 15.3. The van der Waals surface area contributed by atoms with Gasteiger partial charge in [-0.2, -0.15) is 0 Å². The van der Waals surface area contributed by atoms with Crippen LogP contribution < -0.4 is 16.4 Å². The highest BCUT2D eigenvalue weighted by molar-refractivity contribution is 6.33. The molecular weight excluding hydrogens is 452 g/mol. The number of likely N-dealkylation sites (tertiary alicyclic amines) is 1. The Kier molecular flexibility index (Phi) is 8.43. The molecule has 1 aliphatic rings. The Balaban J connectivity index is 2.20. The molecule has 1 aromatic rings. The molecule has 2 rings (SSSR count). The number of aldehydes is 1. The van der Waals surface area contributed by atoms with E-state index in [1.165, 1.54) is 23.1 Å². The molecule has 3 atom stereocenters. The van der Waals surface area contributed by atoms with Gasteiger partial charge in [0.25, 0.3) is 5.91 Å². The molecule has 0 saturated carbocycles. The van der Waals surface area contributed by atoms with Crippen molar-refractivity contribution in [2.24, 2.45) is 5.41 Å². The van der Waals surface area contributed by atoms with Crippen LogP contribution in [0.25, 0.3) is 0 Å². The molecule has 33 heavy (non-hydrogen) atoms. The van der Waals surface area contributed by atoms with Crippen LogP contribution in [0.15, 0.2) is 18.2 Å². The summed E-state index contributed by atoms with van der Waals surface area (Å²) in [5.74, 6) is -2.81. The summed E-state index contributed by atoms with van der Waals surface area (Å²) >= 11 is 6.00. The monoisotopic (exact) mass is 480 g/mol. The standard InChI is InChI=1S/C22H29ClN4O6/c1-22(2,3)18(26-19(31)12-6-7-15(24)14(23)9-12)21(33)27-8-4-5-16(27)20(32)25-13(11-28)10-17(29)30/h6-7,9,11,13,16,18H,4-5,8,10,24H2,1-3H3,(H,25,32)(H,26,31)(H,29,30). The Morgan fingerprint density at radius 2 is 1.94 bits per heavy atom. The van der Waals surface area contributed by atoms with Crippen LogP contribution >= 0.6 is 11.6 Å². The Labute approximate surface area is 196 Å². The second-order valence-electron chi connectivity index (χ2n) is 9.05. The van der Waals surface area contributed by atoms with Crippen molar-refractivity contribution in [2.45, 2.75) is 58.2 Å². The second kappa shape index (κ2) is 10.7. The van der Waals surface area contributed by atoms with Gasteiger partial charge >= 0.3 is 5.97 Å². The Hall–Kier alpha value is -3.14. The molecule has 1 aliphatic heterocycles. The zero-order valence-electron chi connectivity index (χ0n) is 18.8. The van der Waals surface area contributed by atoms with Crippen LogP contribution in [0, 0.1) is 5.41 Å². The number of aliphatic carboxylic acids is 1. The molecule has 1 heterocycles. The van der Waals surface area contributed by atoms with Gasteiger partial charge in [0.15, 0.2) is 0 Å². The Morgan fingerprint density at radius 1 is 1.27 bits per heavy atom. The van der Waals surface area contributed by atoms with E-state index in [-0.39, 0.29) is 17.1 Å². The van der Waals surface area contributed by atoms with Gasteiger partial charge < -0.3 is 31.2 Å². The summed E-state index contributed by atoms with van der Waals surface area (Å²) in [7, 11) is 0. The molecule has 180 valence electrons. The van der Waals surface area contributed by atoms with Crippen LogP contribution in [0.4, 0.5) is 5.69 Å². The normalized spacial score (nSPS) is 17.7.